The second-order valence-corrected chi connectivity index (χ2v) is 13.6. The molecule has 3 nitrogen and oxygen atoms in total. The zero-order valence-corrected chi connectivity index (χ0v) is 27.5. The minimum Gasteiger partial charge on any atom is -0.398 e. The number of aryl methyl sites for hydroxylation is 1. The van der Waals surface area contributed by atoms with E-state index in [-0.39, 0.29) is 0 Å². The third kappa shape index (κ3) is 7.74. The Bertz CT molecular complexity index is 1410. The molecule has 2 aromatic carbocycles. The molecule has 1 aromatic heterocycles. The molecule has 3 aromatic rings. The van der Waals surface area contributed by atoms with E-state index in [0.717, 1.165) is 65.8 Å². The van der Waals surface area contributed by atoms with Crippen molar-refractivity contribution < 1.29 is 0 Å². The number of nitrogens with two attached hydrogens (primary N) is 1. The largest absolute Gasteiger partial charge is 0.398 e. The SMILES string of the molecule is C=C(CCCCc1cc2c(=C)n(-c3c(C(C)C)cccc3C(C)C)c(=C)c2cc1N)CC(C)(CC)CCCN(C)C. The quantitative estimate of drug-likeness (QED) is 0.116. The highest BCUT2D eigenvalue weighted by atomic mass is 15.0. The highest BCUT2D eigenvalue weighted by Crippen LogP contribution is 2.36. The Kier molecular flexibility index (Phi) is 11.1. The fourth-order valence-electron chi connectivity index (χ4n) is 6.39. The molecule has 3 heteroatoms. The number of anilines is 1. The molecule has 2 N–H and O–H groups in total. The van der Waals surface area contributed by atoms with E-state index in [1.165, 1.54) is 47.2 Å². The number of rotatable bonds is 15. The van der Waals surface area contributed by atoms with Crippen LogP contribution in [0.1, 0.15) is 115 Å². The van der Waals surface area contributed by atoms with Gasteiger partial charge in [-0.25, -0.2) is 0 Å². The van der Waals surface area contributed by atoms with Gasteiger partial charge in [0.05, 0.1) is 5.69 Å². The average molecular weight is 556 g/mol. The third-order valence-electron chi connectivity index (χ3n) is 9.15. The summed E-state index contributed by atoms with van der Waals surface area (Å²) in [6.07, 6.45) is 9.17. The van der Waals surface area contributed by atoms with Crippen LogP contribution in [0.3, 0.4) is 0 Å². The Morgan fingerprint density at radius 1 is 0.951 bits per heavy atom. The number of aromatic nitrogens is 1. The fraction of sp³-hybridized carbons (Fsp3) is 0.526. The standard InChI is InChI=1S/C38H57N3/c1-12-38(9,21-16-22-40(10)11)25-28(6)17-13-14-18-31-23-34-29(7)41(30(8)35(34)24-36(31)39)37-32(26(2)3)19-15-20-33(37)27(4)5/h15,19-20,23-24,26-27H,6-8,12-14,16-18,21-22,25,39H2,1-5,9-11H3. The molecule has 0 aliphatic rings. The zero-order valence-electron chi connectivity index (χ0n) is 27.5. The summed E-state index contributed by atoms with van der Waals surface area (Å²) < 4.78 is 2.28. The van der Waals surface area contributed by atoms with Crippen molar-refractivity contribution in [3.63, 3.8) is 0 Å². The molecule has 224 valence electrons. The molecule has 0 spiro atoms. The van der Waals surface area contributed by atoms with Gasteiger partial charge in [0.25, 0.3) is 0 Å². The molecule has 0 aliphatic heterocycles. The Morgan fingerprint density at radius 2 is 1.54 bits per heavy atom. The van der Waals surface area contributed by atoms with Gasteiger partial charge in [-0.05, 0) is 112 Å². The van der Waals surface area contributed by atoms with Gasteiger partial charge >= 0.3 is 0 Å². The molecule has 0 saturated heterocycles. The molecule has 1 unspecified atom stereocenters. The molecule has 1 heterocycles. The van der Waals surface area contributed by atoms with E-state index in [4.69, 9.17) is 5.73 Å². The van der Waals surface area contributed by atoms with Gasteiger partial charge in [0, 0.05) is 27.2 Å². The van der Waals surface area contributed by atoms with E-state index in [9.17, 15) is 0 Å². The molecule has 0 saturated carbocycles. The second kappa shape index (κ2) is 13.9. The maximum Gasteiger partial charge on any atom is 0.0530 e. The van der Waals surface area contributed by atoms with Crippen LogP contribution < -0.4 is 16.4 Å². The van der Waals surface area contributed by atoms with Crippen molar-refractivity contribution in [2.45, 2.75) is 105 Å². The predicted octanol–water partition coefficient (Wildman–Crippen LogP) is 8.70. The van der Waals surface area contributed by atoms with Gasteiger partial charge in [-0.2, -0.15) is 0 Å². The van der Waals surface area contributed by atoms with Crippen LogP contribution in [0.25, 0.3) is 29.6 Å². The first-order valence-electron chi connectivity index (χ1n) is 15.8. The normalized spacial score (nSPS) is 13.5. The summed E-state index contributed by atoms with van der Waals surface area (Å²) >= 11 is 0. The van der Waals surface area contributed by atoms with Crippen molar-refractivity contribution in [1.82, 2.24) is 9.47 Å². The lowest BCUT2D eigenvalue weighted by Gasteiger charge is -2.30. The number of nitrogen functional groups attached to an aromatic ring is 1. The van der Waals surface area contributed by atoms with Crippen molar-refractivity contribution in [3.8, 4) is 5.69 Å². The lowest BCUT2D eigenvalue weighted by molar-refractivity contribution is 0.254. The van der Waals surface area contributed by atoms with Crippen LogP contribution >= 0.6 is 0 Å². The first-order chi connectivity index (χ1) is 19.3. The van der Waals surface area contributed by atoms with Gasteiger partial charge in [0.1, 0.15) is 0 Å². The number of unbranched alkanes of at least 4 members (excludes halogenated alkanes) is 1. The minimum absolute atomic E-state index is 0.357. The van der Waals surface area contributed by atoms with Crippen LogP contribution in [0.2, 0.25) is 0 Å². The Labute approximate surface area is 250 Å². The van der Waals surface area contributed by atoms with Crippen LogP contribution in [0.15, 0.2) is 42.5 Å². The van der Waals surface area contributed by atoms with Crippen LogP contribution in [-0.4, -0.2) is 30.1 Å². The molecule has 0 fully saturated rings. The third-order valence-corrected chi connectivity index (χ3v) is 9.15. The lowest BCUT2D eigenvalue weighted by Crippen LogP contribution is -2.26. The van der Waals surface area contributed by atoms with E-state index >= 15 is 0 Å². The van der Waals surface area contributed by atoms with Crippen molar-refractivity contribution in [2.24, 2.45) is 5.41 Å². The van der Waals surface area contributed by atoms with Crippen molar-refractivity contribution in [1.29, 1.82) is 0 Å². The van der Waals surface area contributed by atoms with E-state index in [0.29, 0.717) is 17.3 Å². The number of fused-ring (bicyclic) bond motifs is 1. The molecule has 0 bridgehead atoms. The average Bonchev–Trinajstić information content (AvgIpc) is 3.13. The molecule has 1 atom stereocenters. The summed E-state index contributed by atoms with van der Waals surface area (Å²) in [6, 6.07) is 11.1. The molecule has 3 rings (SSSR count). The van der Waals surface area contributed by atoms with Gasteiger partial charge < -0.3 is 15.2 Å². The molecule has 0 radical (unpaired) electrons. The van der Waals surface area contributed by atoms with Gasteiger partial charge in [-0.1, -0.05) is 91.5 Å². The summed E-state index contributed by atoms with van der Waals surface area (Å²) in [7, 11) is 4.32. The maximum atomic E-state index is 6.64. The number of nitrogens with zero attached hydrogens (tertiary/aromatic N) is 2. The summed E-state index contributed by atoms with van der Waals surface area (Å²) in [5, 5.41) is 4.24. The second-order valence-electron chi connectivity index (χ2n) is 13.6. The van der Waals surface area contributed by atoms with Crippen molar-refractivity contribution in [2.75, 3.05) is 26.4 Å². The van der Waals surface area contributed by atoms with Crippen LogP contribution in [-0.2, 0) is 6.42 Å². The number of allylic oxidation sites excluding steroid dienone is 1. The van der Waals surface area contributed by atoms with Crippen LogP contribution in [0, 0.1) is 5.41 Å². The van der Waals surface area contributed by atoms with Crippen molar-refractivity contribution in [3.05, 3.63) is 69.9 Å². The zero-order chi connectivity index (χ0) is 30.5. The van der Waals surface area contributed by atoms with Gasteiger partial charge in [0.2, 0.25) is 0 Å². The highest BCUT2D eigenvalue weighted by Gasteiger charge is 2.23. The molecular weight excluding hydrogens is 498 g/mol. The summed E-state index contributed by atoms with van der Waals surface area (Å²) in [5.41, 5.74) is 14.4. The fourth-order valence-corrected chi connectivity index (χ4v) is 6.39. The van der Waals surface area contributed by atoms with Gasteiger partial charge in [0.15, 0.2) is 0 Å². The van der Waals surface area contributed by atoms with Crippen LogP contribution in [0.5, 0.6) is 0 Å². The summed E-state index contributed by atoms with van der Waals surface area (Å²) in [5.74, 6) is 0.799. The lowest BCUT2D eigenvalue weighted by atomic mass is 9.76. The van der Waals surface area contributed by atoms with Crippen LogP contribution in [0.4, 0.5) is 5.69 Å². The van der Waals surface area contributed by atoms with Gasteiger partial charge in [-0.15, -0.1) is 0 Å². The summed E-state index contributed by atoms with van der Waals surface area (Å²) in [4.78, 5) is 2.28. The maximum absolute atomic E-state index is 6.64. The van der Waals surface area contributed by atoms with E-state index in [1.54, 1.807) is 0 Å². The number of hydrogen-bond acceptors (Lipinski definition) is 2. The van der Waals surface area contributed by atoms with E-state index in [1.807, 2.05) is 0 Å². The molecular formula is C38H57N3. The Morgan fingerprint density at radius 3 is 2.07 bits per heavy atom. The molecule has 0 aliphatic carbocycles. The van der Waals surface area contributed by atoms with Gasteiger partial charge in [-0.3, -0.25) is 0 Å². The van der Waals surface area contributed by atoms with E-state index < -0.39 is 0 Å². The highest BCUT2D eigenvalue weighted by molar-refractivity contribution is 5.88. The smallest absolute Gasteiger partial charge is 0.0530 e. The first-order valence-corrected chi connectivity index (χ1v) is 15.8. The molecule has 41 heavy (non-hydrogen) atoms. The monoisotopic (exact) mass is 555 g/mol. The number of benzene rings is 2. The van der Waals surface area contributed by atoms with E-state index in [2.05, 4.69) is 115 Å². The summed E-state index contributed by atoms with van der Waals surface area (Å²) in [6.45, 7) is 28.5. The Hall–Kier alpha value is -2.78. The number of hydrogen-bond donors (Lipinski definition) is 1. The topological polar surface area (TPSA) is 34.2 Å². The van der Waals surface area contributed by atoms with Crippen molar-refractivity contribution >= 4 is 29.6 Å². The first kappa shape index (κ1) is 32.7. The Balaban J connectivity index is 1.78. The number of para-hydroxylation sites is 1. The molecule has 0 amide bonds. The predicted molar refractivity (Wildman–Crippen MR) is 184 cm³/mol. The minimum atomic E-state index is 0.357.